The molecule has 0 aliphatic heterocycles. The Balaban J connectivity index is 2.15. The van der Waals surface area contributed by atoms with Crippen LogP contribution >= 0.6 is 0 Å². The molecule has 30 heavy (non-hydrogen) atoms. The number of esters is 1. The van der Waals surface area contributed by atoms with E-state index in [1.807, 2.05) is 0 Å². The molecule has 6 heteroatoms. The number of hydrogen-bond acceptors (Lipinski definition) is 6. The molecule has 3 aliphatic rings. The van der Waals surface area contributed by atoms with Gasteiger partial charge in [-0.05, 0) is 48.3 Å². The Hall–Kier alpha value is -2.11. The fourth-order valence-corrected chi connectivity index (χ4v) is 6.72. The molecule has 166 valence electrons. The molecule has 3 aliphatic carbocycles. The number of fused-ring (bicyclic) bond motifs is 1. The Morgan fingerprint density at radius 3 is 2.47 bits per heavy atom. The topological polar surface area (TPSA) is 89.9 Å². The number of Topliss-reactive ketones (excluding diaryl/α,β-unsaturated/α-hetero) is 1. The predicted molar refractivity (Wildman–Crippen MR) is 111 cm³/mol. The molecule has 1 unspecified atom stereocenters. The van der Waals surface area contributed by atoms with Gasteiger partial charge in [-0.15, -0.1) is 0 Å². The van der Waals surface area contributed by atoms with E-state index < -0.39 is 29.4 Å². The zero-order valence-corrected chi connectivity index (χ0v) is 18.9. The van der Waals surface area contributed by atoms with Crippen LogP contribution in [0.5, 0.6) is 0 Å². The van der Waals surface area contributed by atoms with Crippen LogP contribution < -0.4 is 0 Å². The standard InChI is InChI=1S/C24H34O6/c1-13-8-9-17-23(3,4)10-7-11-24(17,5)19(13)22(30-14(2)25)18-20(27)15(26)12-16(29-6)21(18)28/h12-13,17,19,22,27H,7-11H2,1-6H3/t13-,17-,19+,22?,24-/m0/s1. The van der Waals surface area contributed by atoms with Gasteiger partial charge in [0.05, 0.1) is 12.7 Å². The molecule has 1 N–H and O–H groups in total. The van der Waals surface area contributed by atoms with Gasteiger partial charge in [-0.1, -0.05) is 34.1 Å². The van der Waals surface area contributed by atoms with Crippen molar-refractivity contribution in [3.63, 3.8) is 0 Å². The number of aliphatic hydroxyl groups is 1. The van der Waals surface area contributed by atoms with Gasteiger partial charge in [0.25, 0.3) is 0 Å². The summed E-state index contributed by atoms with van der Waals surface area (Å²) in [6, 6.07) is 0. The molecule has 0 spiro atoms. The van der Waals surface area contributed by atoms with Gasteiger partial charge in [0, 0.05) is 18.9 Å². The number of hydrogen-bond donors (Lipinski definition) is 1. The second kappa shape index (κ2) is 7.86. The van der Waals surface area contributed by atoms with Crippen molar-refractivity contribution in [2.45, 2.75) is 72.8 Å². The van der Waals surface area contributed by atoms with Crippen LogP contribution in [0.2, 0.25) is 0 Å². The Labute approximate surface area is 178 Å². The molecule has 0 heterocycles. The first-order valence-corrected chi connectivity index (χ1v) is 10.9. The lowest BCUT2D eigenvalue weighted by Gasteiger charge is -2.60. The summed E-state index contributed by atoms with van der Waals surface area (Å²) >= 11 is 0. The molecule has 0 aromatic rings. The molecule has 0 aromatic heterocycles. The second-order valence-electron chi connectivity index (χ2n) is 10.2. The third kappa shape index (κ3) is 3.58. The Kier molecular flexibility index (Phi) is 5.91. The van der Waals surface area contributed by atoms with Crippen molar-refractivity contribution in [2.24, 2.45) is 28.6 Å². The van der Waals surface area contributed by atoms with E-state index in [0.29, 0.717) is 5.92 Å². The SMILES string of the molecule is COC1=CC(=O)C(O)=C(C(OC(C)=O)[C@H]2[C@@H](C)CC[C@H]3C(C)(C)CCC[C@]23C)C1=O. The number of carbonyl (C=O) groups excluding carboxylic acids is 3. The van der Waals surface area contributed by atoms with Crippen LogP contribution in [-0.4, -0.2) is 35.9 Å². The monoisotopic (exact) mass is 418 g/mol. The maximum Gasteiger partial charge on any atom is 0.303 e. The summed E-state index contributed by atoms with van der Waals surface area (Å²) in [4.78, 5) is 37.6. The van der Waals surface area contributed by atoms with Crippen LogP contribution in [-0.2, 0) is 23.9 Å². The van der Waals surface area contributed by atoms with E-state index in [2.05, 4.69) is 27.7 Å². The summed E-state index contributed by atoms with van der Waals surface area (Å²) in [5, 5.41) is 10.6. The molecule has 0 bridgehead atoms. The normalized spacial score (nSPS) is 34.7. The number of allylic oxidation sites excluding steroid dienone is 2. The van der Waals surface area contributed by atoms with Gasteiger partial charge in [0.2, 0.25) is 11.6 Å². The van der Waals surface area contributed by atoms with Crippen LogP contribution in [0.3, 0.4) is 0 Å². The average molecular weight is 419 g/mol. The first-order chi connectivity index (χ1) is 13.9. The summed E-state index contributed by atoms with van der Waals surface area (Å²) in [7, 11) is 1.31. The highest BCUT2D eigenvalue weighted by molar-refractivity contribution is 6.21. The van der Waals surface area contributed by atoms with Gasteiger partial charge in [0.1, 0.15) is 6.10 Å². The minimum absolute atomic E-state index is 0.132. The summed E-state index contributed by atoms with van der Waals surface area (Å²) in [6.07, 6.45) is 5.16. The quantitative estimate of drug-likeness (QED) is 0.541. The molecule has 5 atom stereocenters. The van der Waals surface area contributed by atoms with Gasteiger partial charge in [-0.25, -0.2) is 0 Å². The van der Waals surface area contributed by atoms with Crippen molar-refractivity contribution in [1.29, 1.82) is 0 Å². The van der Waals surface area contributed by atoms with E-state index in [9.17, 15) is 19.5 Å². The van der Waals surface area contributed by atoms with Gasteiger partial charge in [-0.2, -0.15) is 0 Å². The van der Waals surface area contributed by atoms with E-state index >= 15 is 0 Å². The number of ether oxygens (including phenoxy) is 2. The lowest BCUT2D eigenvalue weighted by atomic mass is 9.45. The zero-order chi connectivity index (χ0) is 22.4. The first kappa shape index (κ1) is 22.6. The van der Waals surface area contributed by atoms with Crippen LogP contribution in [0.25, 0.3) is 0 Å². The minimum Gasteiger partial charge on any atom is -0.504 e. The van der Waals surface area contributed by atoms with E-state index in [1.165, 1.54) is 14.0 Å². The van der Waals surface area contributed by atoms with E-state index in [4.69, 9.17) is 9.47 Å². The lowest BCUT2D eigenvalue weighted by Crippen LogP contribution is -2.56. The summed E-state index contributed by atoms with van der Waals surface area (Å²) < 4.78 is 10.8. The van der Waals surface area contributed by atoms with Crippen molar-refractivity contribution in [3.8, 4) is 0 Å². The van der Waals surface area contributed by atoms with E-state index in [-0.39, 0.29) is 34.0 Å². The van der Waals surface area contributed by atoms with Gasteiger partial charge in [0.15, 0.2) is 11.5 Å². The summed E-state index contributed by atoms with van der Waals surface area (Å²) in [6.45, 7) is 10.2. The Bertz CT molecular complexity index is 820. The van der Waals surface area contributed by atoms with Crippen molar-refractivity contribution in [2.75, 3.05) is 7.11 Å². The average Bonchev–Trinajstić information content (AvgIpc) is 2.63. The largest absolute Gasteiger partial charge is 0.504 e. The third-order valence-corrected chi connectivity index (χ3v) is 7.90. The summed E-state index contributed by atoms with van der Waals surface area (Å²) in [5.41, 5.74) is -0.200. The predicted octanol–water partition coefficient (Wildman–Crippen LogP) is 4.29. The number of aliphatic hydroxyl groups excluding tert-OH is 1. The Morgan fingerprint density at radius 1 is 1.20 bits per heavy atom. The van der Waals surface area contributed by atoms with Crippen LogP contribution in [0.15, 0.2) is 23.2 Å². The lowest BCUT2D eigenvalue weighted by molar-refractivity contribution is -0.165. The molecular formula is C24H34O6. The van der Waals surface area contributed by atoms with Crippen molar-refractivity contribution in [3.05, 3.63) is 23.2 Å². The number of ketones is 2. The molecule has 2 fully saturated rings. The molecule has 0 aromatic carbocycles. The van der Waals surface area contributed by atoms with Crippen LogP contribution in [0.1, 0.15) is 66.7 Å². The maximum atomic E-state index is 13.1. The smallest absolute Gasteiger partial charge is 0.303 e. The molecular weight excluding hydrogens is 384 g/mol. The van der Waals surface area contributed by atoms with E-state index in [1.54, 1.807) is 0 Å². The second-order valence-corrected chi connectivity index (χ2v) is 10.2. The summed E-state index contributed by atoms with van der Waals surface area (Å²) in [5.74, 6) is -2.25. The highest BCUT2D eigenvalue weighted by Crippen LogP contribution is 2.62. The molecule has 3 rings (SSSR count). The minimum atomic E-state index is -0.991. The van der Waals surface area contributed by atoms with Crippen molar-refractivity contribution >= 4 is 17.5 Å². The zero-order valence-electron chi connectivity index (χ0n) is 18.9. The highest BCUT2D eigenvalue weighted by atomic mass is 16.5. The number of rotatable bonds is 4. The fraction of sp³-hybridized carbons (Fsp3) is 0.708. The first-order valence-electron chi connectivity index (χ1n) is 10.9. The molecule has 2 saturated carbocycles. The molecule has 0 radical (unpaired) electrons. The van der Waals surface area contributed by atoms with Crippen molar-refractivity contribution in [1.82, 2.24) is 0 Å². The Morgan fingerprint density at radius 2 is 1.87 bits per heavy atom. The van der Waals surface area contributed by atoms with Crippen LogP contribution in [0.4, 0.5) is 0 Å². The molecule has 0 amide bonds. The number of methoxy groups -OCH3 is 1. The fourth-order valence-electron chi connectivity index (χ4n) is 6.72. The van der Waals surface area contributed by atoms with Gasteiger partial charge in [-0.3, -0.25) is 14.4 Å². The highest BCUT2D eigenvalue weighted by Gasteiger charge is 2.58. The maximum absolute atomic E-state index is 13.1. The van der Waals surface area contributed by atoms with Gasteiger partial charge < -0.3 is 14.6 Å². The molecule has 0 saturated heterocycles. The van der Waals surface area contributed by atoms with Crippen molar-refractivity contribution < 1.29 is 29.0 Å². The number of carbonyl (C=O) groups is 3. The molecule has 6 nitrogen and oxygen atoms in total. The third-order valence-electron chi connectivity index (χ3n) is 7.90. The van der Waals surface area contributed by atoms with Gasteiger partial charge >= 0.3 is 5.97 Å². The van der Waals surface area contributed by atoms with Crippen LogP contribution in [0, 0.1) is 28.6 Å². The van der Waals surface area contributed by atoms with E-state index in [0.717, 1.165) is 38.2 Å².